The van der Waals surface area contributed by atoms with Gasteiger partial charge in [0.15, 0.2) is 0 Å². The highest BCUT2D eigenvalue weighted by Crippen LogP contribution is 2.48. The monoisotopic (exact) mass is 430 g/mol. The van der Waals surface area contributed by atoms with E-state index >= 15 is 0 Å². The molecule has 2 aromatic carbocycles. The number of carbonyl (C=O) groups excluding carboxylic acids is 2. The molecule has 1 saturated heterocycles. The molecule has 3 aromatic rings. The second-order valence-corrected chi connectivity index (χ2v) is 8.93. The Morgan fingerprint density at radius 2 is 1.84 bits per heavy atom. The predicted molar refractivity (Wildman–Crippen MR) is 119 cm³/mol. The fraction of sp³-hybridized carbons (Fsp3) is 0.360. The quantitative estimate of drug-likeness (QED) is 0.586. The van der Waals surface area contributed by atoms with Crippen molar-refractivity contribution in [3.63, 3.8) is 0 Å². The van der Waals surface area contributed by atoms with Gasteiger partial charge >= 0.3 is 6.03 Å². The fourth-order valence-corrected chi connectivity index (χ4v) is 4.53. The summed E-state index contributed by atoms with van der Waals surface area (Å²) in [5, 5.41) is 6.84. The first kappa shape index (κ1) is 20.4. The Bertz CT molecular complexity index is 1150. The molecule has 0 atom stereocenters. The van der Waals surface area contributed by atoms with Crippen molar-refractivity contribution in [3.8, 4) is 11.4 Å². The minimum Gasteiger partial charge on any atom is -0.338 e. The van der Waals surface area contributed by atoms with Gasteiger partial charge in [-0.3, -0.25) is 9.69 Å². The van der Waals surface area contributed by atoms with E-state index in [1.54, 1.807) is 0 Å². The second kappa shape index (κ2) is 7.89. The Hall–Kier alpha value is -3.48. The first-order chi connectivity index (χ1) is 15.5. The molecule has 3 amide bonds. The molecular weight excluding hydrogens is 404 g/mol. The van der Waals surface area contributed by atoms with Gasteiger partial charge in [-0.05, 0) is 35.4 Å². The lowest BCUT2D eigenvalue weighted by Gasteiger charge is -2.39. The lowest BCUT2D eigenvalue weighted by molar-refractivity contribution is -0.125. The van der Waals surface area contributed by atoms with Gasteiger partial charge < -0.3 is 9.84 Å². The Morgan fingerprint density at radius 1 is 1.09 bits per heavy atom. The van der Waals surface area contributed by atoms with Crippen LogP contribution in [0.3, 0.4) is 0 Å². The molecule has 1 aliphatic heterocycles. The highest BCUT2D eigenvalue weighted by Gasteiger charge is 2.45. The SMILES string of the molecule is CC(C)c1ccc(C2(c3nc(-c4ccccc4CN4C(=O)CNC4=O)no3)CCC2)cc1. The number of rotatable bonds is 6. The number of hydrogen-bond acceptors (Lipinski definition) is 5. The van der Waals surface area contributed by atoms with E-state index in [0.717, 1.165) is 30.4 Å². The van der Waals surface area contributed by atoms with Gasteiger partial charge in [0, 0.05) is 5.56 Å². The number of nitrogens with zero attached hydrogens (tertiary/aromatic N) is 3. The molecule has 7 nitrogen and oxygen atoms in total. The lowest BCUT2D eigenvalue weighted by Crippen LogP contribution is -2.35. The molecule has 1 aliphatic carbocycles. The maximum Gasteiger partial charge on any atom is 0.324 e. The molecule has 32 heavy (non-hydrogen) atoms. The summed E-state index contributed by atoms with van der Waals surface area (Å²) >= 11 is 0. The average molecular weight is 431 g/mol. The molecule has 1 aromatic heterocycles. The Labute approximate surface area is 186 Å². The van der Waals surface area contributed by atoms with Gasteiger partial charge in [-0.15, -0.1) is 0 Å². The van der Waals surface area contributed by atoms with Crippen LogP contribution in [0.2, 0.25) is 0 Å². The van der Waals surface area contributed by atoms with Gasteiger partial charge in [0.05, 0.1) is 18.5 Å². The summed E-state index contributed by atoms with van der Waals surface area (Å²) in [4.78, 5) is 30.0. The normalized spacial score (nSPS) is 17.5. The van der Waals surface area contributed by atoms with Gasteiger partial charge in [0.1, 0.15) is 0 Å². The van der Waals surface area contributed by atoms with Gasteiger partial charge in [-0.25, -0.2) is 4.79 Å². The molecule has 164 valence electrons. The Morgan fingerprint density at radius 3 is 2.47 bits per heavy atom. The van der Waals surface area contributed by atoms with E-state index < -0.39 is 0 Å². The van der Waals surface area contributed by atoms with Crippen LogP contribution < -0.4 is 5.32 Å². The number of hydrogen-bond donors (Lipinski definition) is 1. The van der Waals surface area contributed by atoms with Crippen molar-refractivity contribution < 1.29 is 14.1 Å². The molecule has 5 rings (SSSR count). The molecule has 2 heterocycles. The summed E-state index contributed by atoms with van der Waals surface area (Å²) < 4.78 is 5.80. The van der Waals surface area contributed by atoms with Crippen LogP contribution in [0.25, 0.3) is 11.4 Å². The molecule has 1 N–H and O–H groups in total. The van der Waals surface area contributed by atoms with E-state index in [1.807, 2.05) is 24.3 Å². The molecule has 0 unspecified atom stereocenters. The maximum absolute atomic E-state index is 12.0. The van der Waals surface area contributed by atoms with Crippen LogP contribution >= 0.6 is 0 Å². The van der Waals surface area contributed by atoms with Gasteiger partial charge in [-0.1, -0.05) is 74.0 Å². The van der Waals surface area contributed by atoms with Crippen LogP contribution in [-0.2, 0) is 16.8 Å². The van der Waals surface area contributed by atoms with E-state index in [4.69, 9.17) is 9.51 Å². The van der Waals surface area contributed by atoms with Crippen molar-refractivity contribution in [3.05, 3.63) is 71.1 Å². The minimum absolute atomic E-state index is 0.0332. The Kier molecular flexibility index (Phi) is 5.04. The first-order valence-corrected chi connectivity index (χ1v) is 11.1. The van der Waals surface area contributed by atoms with Crippen LogP contribution in [0.4, 0.5) is 4.79 Å². The number of amides is 3. The third-order valence-electron chi connectivity index (χ3n) is 6.70. The molecule has 0 bridgehead atoms. The highest BCUT2D eigenvalue weighted by molar-refractivity contribution is 6.01. The third-order valence-corrected chi connectivity index (χ3v) is 6.70. The third kappa shape index (κ3) is 3.38. The molecule has 7 heteroatoms. The van der Waals surface area contributed by atoms with Crippen LogP contribution in [0.1, 0.15) is 61.6 Å². The predicted octanol–water partition coefficient (Wildman–Crippen LogP) is 4.38. The van der Waals surface area contributed by atoms with Crippen molar-refractivity contribution in [1.29, 1.82) is 0 Å². The largest absolute Gasteiger partial charge is 0.338 e. The number of urea groups is 1. The summed E-state index contributed by atoms with van der Waals surface area (Å²) in [5.74, 6) is 1.35. The van der Waals surface area contributed by atoms with E-state index in [2.05, 4.69) is 48.6 Å². The van der Waals surface area contributed by atoms with E-state index in [-0.39, 0.29) is 30.4 Å². The maximum atomic E-state index is 12.0. The molecule has 0 spiro atoms. The fourth-order valence-electron chi connectivity index (χ4n) is 4.53. The molecule has 0 radical (unpaired) electrons. The van der Waals surface area contributed by atoms with Crippen molar-refractivity contribution in [2.24, 2.45) is 0 Å². The standard InChI is InChI=1S/C25H26N4O3/c1-16(2)17-8-10-19(11-9-17)25(12-5-13-25)23-27-22(28-32-23)20-7-4-3-6-18(20)15-29-21(30)14-26-24(29)31/h3-4,6-11,16H,5,12-15H2,1-2H3,(H,26,31). The van der Waals surface area contributed by atoms with Crippen molar-refractivity contribution >= 4 is 11.9 Å². The molecule has 2 fully saturated rings. The first-order valence-electron chi connectivity index (χ1n) is 11.1. The summed E-state index contributed by atoms with van der Waals surface area (Å²) in [5.41, 5.74) is 3.83. The summed E-state index contributed by atoms with van der Waals surface area (Å²) in [6.45, 7) is 4.59. The number of nitrogens with one attached hydrogen (secondary N) is 1. The zero-order chi connectivity index (χ0) is 22.3. The van der Waals surface area contributed by atoms with Gasteiger partial charge in [-0.2, -0.15) is 4.98 Å². The zero-order valence-electron chi connectivity index (χ0n) is 18.3. The van der Waals surface area contributed by atoms with Crippen LogP contribution in [-0.4, -0.2) is 33.5 Å². The summed E-state index contributed by atoms with van der Waals surface area (Å²) in [6.07, 6.45) is 3.06. The zero-order valence-corrected chi connectivity index (χ0v) is 18.3. The van der Waals surface area contributed by atoms with E-state index in [1.165, 1.54) is 16.0 Å². The highest BCUT2D eigenvalue weighted by atomic mass is 16.5. The number of benzene rings is 2. The summed E-state index contributed by atoms with van der Waals surface area (Å²) in [6, 6.07) is 15.9. The van der Waals surface area contributed by atoms with Gasteiger partial charge in [0.25, 0.3) is 0 Å². The molecular formula is C25H26N4O3. The molecule has 1 saturated carbocycles. The minimum atomic E-state index is -0.378. The van der Waals surface area contributed by atoms with Crippen molar-refractivity contribution in [1.82, 2.24) is 20.4 Å². The van der Waals surface area contributed by atoms with Gasteiger partial charge in [0.2, 0.25) is 17.6 Å². The Balaban J connectivity index is 1.46. The smallest absolute Gasteiger partial charge is 0.324 e. The van der Waals surface area contributed by atoms with E-state index in [9.17, 15) is 9.59 Å². The van der Waals surface area contributed by atoms with E-state index in [0.29, 0.717) is 17.6 Å². The van der Waals surface area contributed by atoms with Crippen LogP contribution in [0.5, 0.6) is 0 Å². The second-order valence-electron chi connectivity index (χ2n) is 8.93. The van der Waals surface area contributed by atoms with Crippen LogP contribution in [0, 0.1) is 0 Å². The van der Waals surface area contributed by atoms with Crippen molar-refractivity contribution in [2.75, 3.05) is 6.54 Å². The number of imide groups is 1. The lowest BCUT2D eigenvalue weighted by atomic mass is 9.64. The number of aromatic nitrogens is 2. The topological polar surface area (TPSA) is 88.3 Å². The number of carbonyl (C=O) groups is 2. The van der Waals surface area contributed by atoms with Crippen molar-refractivity contribution in [2.45, 2.75) is 51.0 Å². The average Bonchev–Trinajstić information content (AvgIpc) is 3.37. The van der Waals surface area contributed by atoms with Crippen LogP contribution in [0.15, 0.2) is 53.1 Å². The summed E-state index contributed by atoms with van der Waals surface area (Å²) in [7, 11) is 0. The molecule has 2 aliphatic rings.